The molecular formula is C12H24IN3O2. The van der Waals surface area contributed by atoms with Crippen molar-refractivity contribution in [2.24, 2.45) is 4.99 Å². The standard InChI is InChI=1S/C12H23N3O2.HI/c1-4-13-12(15-10-5-6-10)14-8-7-11(16)17-9(2)3;/h9-10H,4-8H2,1-3H3,(H2,13,14,15);1H. The lowest BCUT2D eigenvalue weighted by Gasteiger charge is -2.10. The summed E-state index contributed by atoms with van der Waals surface area (Å²) in [6.07, 6.45) is 2.70. The van der Waals surface area contributed by atoms with Crippen LogP contribution in [0.15, 0.2) is 4.99 Å². The van der Waals surface area contributed by atoms with Gasteiger partial charge >= 0.3 is 5.97 Å². The lowest BCUT2D eigenvalue weighted by atomic mass is 10.4. The van der Waals surface area contributed by atoms with Gasteiger partial charge in [-0.05, 0) is 33.6 Å². The van der Waals surface area contributed by atoms with Gasteiger partial charge in [-0.25, -0.2) is 0 Å². The van der Waals surface area contributed by atoms with E-state index in [0.29, 0.717) is 19.0 Å². The molecule has 0 atom stereocenters. The highest BCUT2D eigenvalue weighted by Gasteiger charge is 2.22. The number of esters is 1. The Labute approximate surface area is 126 Å². The third-order valence-corrected chi connectivity index (χ3v) is 2.22. The van der Waals surface area contributed by atoms with Crippen molar-refractivity contribution in [1.29, 1.82) is 0 Å². The first-order valence-electron chi connectivity index (χ1n) is 6.36. The number of ether oxygens (including phenoxy) is 1. The molecule has 106 valence electrons. The Morgan fingerprint density at radius 2 is 2.11 bits per heavy atom. The third-order valence-electron chi connectivity index (χ3n) is 2.22. The molecule has 0 amide bonds. The smallest absolute Gasteiger partial charge is 0.307 e. The Balaban J connectivity index is 0.00000289. The second-order valence-electron chi connectivity index (χ2n) is 4.47. The van der Waals surface area contributed by atoms with Gasteiger partial charge in [0, 0.05) is 12.6 Å². The second kappa shape index (κ2) is 9.41. The van der Waals surface area contributed by atoms with Gasteiger partial charge in [0.1, 0.15) is 0 Å². The summed E-state index contributed by atoms with van der Waals surface area (Å²) in [7, 11) is 0. The Morgan fingerprint density at radius 1 is 1.44 bits per heavy atom. The fraction of sp³-hybridized carbons (Fsp3) is 0.833. The number of nitrogens with zero attached hydrogens (tertiary/aromatic N) is 1. The molecule has 1 aliphatic carbocycles. The maximum Gasteiger partial charge on any atom is 0.307 e. The van der Waals surface area contributed by atoms with Gasteiger partial charge in [0.2, 0.25) is 0 Å². The van der Waals surface area contributed by atoms with Gasteiger partial charge in [0.05, 0.1) is 19.1 Å². The average Bonchev–Trinajstić information content (AvgIpc) is 3.00. The zero-order chi connectivity index (χ0) is 12.7. The molecule has 0 saturated heterocycles. The summed E-state index contributed by atoms with van der Waals surface area (Å²) in [5.74, 6) is 0.610. The lowest BCUT2D eigenvalue weighted by molar-refractivity contribution is -0.147. The van der Waals surface area contributed by atoms with E-state index in [9.17, 15) is 4.79 Å². The fourth-order valence-electron chi connectivity index (χ4n) is 1.32. The zero-order valence-corrected chi connectivity index (χ0v) is 13.7. The van der Waals surface area contributed by atoms with Crippen molar-refractivity contribution in [3.63, 3.8) is 0 Å². The number of guanidine groups is 1. The van der Waals surface area contributed by atoms with Gasteiger partial charge in [-0.15, -0.1) is 24.0 Å². The quantitative estimate of drug-likeness (QED) is 0.324. The predicted octanol–water partition coefficient (Wildman–Crippen LogP) is 1.66. The summed E-state index contributed by atoms with van der Waals surface area (Å²) in [6, 6.07) is 0.565. The highest BCUT2D eigenvalue weighted by molar-refractivity contribution is 14.0. The highest BCUT2D eigenvalue weighted by atomic mass is 127. The first-order valence-corrected chi connectivity index (χ1v) is 6.36. The molecule has 1 saturated carbocycles. The van der Waals surface area contributed by atoms with Crippen molar-refractivity contribution in [2.45, 2.75) is 52.2 Å². The van der Waals surface area contributed by atoms with Gasteiger partial charge in [0.15, 0.2) is 5.96 Å². The topological polar surface area (TPSA) is 62.7 Å². The largest absolute Gasteiger partial charge is 0.463 e. The maximum absolute atomic E-state index is 11.3. The minimum absolute atomic E-state index is 0. The summed E-state index contributed by atoms with van der Waals surface area (Å²) in [4.78, 5) is 15.6. The lowest BCUT2D eigenvalue weighted by Crippen LogP contribution is -2.38. The van der Waals surface area contributed by atoms with E-state index in [1.165, 1.54) is 12.8 Å². The molecule has 0 aromatic rings. The molecule has 1 fully saturated rings. The minimum atomic E-state index is -0.189. The predicted molar refractivity (Wildman–Crippen MR) is 83.4 cm³/mol. The Bertz CT molecular complexity index is 278. The number of halogens is 1. The number of hydrogen-bond acceptors (Lipinski definition) is 3. The summed E-state index contributed by atoms with van der Waals surface area (Å²) in [6.45, 7) is 7.01. The van der Waals surface area contributed by atoms with E-state index in [-0.39, 0.29) is 36.0 Å². The Morgan fingerprint density at radius 3 is 2.61 bits per heavy atom. The summed E-state index contributed by atoms with van der Waals surface area (Å²) in [5, 5.41) is 6.45. The van der Waals surface area contributed by atoms with E-state index in [0.717, 1.165) is 12.5 Å². The summed E-state index contributed by atoms with van der Waals surface area (Å²) in [5.41, 5.74) is 0. The molecule has 0 bridgehead atoms. The van der Waals surface area contributed by atoms with Gasteiger partial charge in [-0.2, -0.15) is 0 Å². The molecule has 0 aromatic heterocycles. The summed E-state index contributed by atoms with van der Waals surface area (Å²) < 4.78 is 5.04. The van der Waals surface area contributed by atoms with E-state index in [2.05, 4.69) is 15.6 Å². The van der Waals surface area contributed by atoms with Crippen LogP contribution in [-0.2, 0) is 9.53 Å². The SMILES string of the molecule is CCNC(=NCCC(=O)OC(C)C)NC1CC1.I. The number of carbonyl (C=O) groups excluding carboxylic acids is 1. The van der Waals surface area contributed by atoms with Crippen LogP contribution in [0.1, 0.15) is 40.0 Å². The van der Waals surface area contributed by atoms with Gasteiger partial charge in [-0.3, -0.25) is 9.79 Å². The van der Waals surface area contributed by atoms with E-state index in [1.54, 1.807) is 0 Å². The van der Waals surface area contributed by atoms with Crippen molar-refractivity contribution in [3.8, 4) is 0 Å². The van der Waals surface area contributed by atoms with Gasteiger partial charge in [0.25, 0.3) is 0 Å². The molecule has 1 rings (SSSR count). The van der Waals surface area contributed by atoms with Crippen LogP contribution in [0.4, 0.5) is 0 Å². The zero-order valence-electron chi connectivity index (χ0n) is 11.4. The molecule has 2 N–H and O–H groups in total. The molecule has 0 radical (unpaired) electrons. The molecule has 0 aliphatic heterocycles. The normalized spacial score (nSPS) is 15.0. The van der Waals surface area contributed by atoms with Crippen LogP contribution in [0.5, 0.6) is 0 Å². The third kappa shape index (κ3) is 8.54. The van der Waals surface area contributed by atoms with Crippen LogP contribution in [0.25, 0.3) is 0 Å². The molecule has 18 heavy (non-hydrogen) atoms. The van der Waals surface area contributed by atoms with Crippen LogP contribution in [-0.4, -0.2) is 37.2 Å². The second-order valence-corrected chi connectivity index (χ2v) is 4.47. The Hall–Kier alpha value is -0.530. The van der Waals surface area contributed by atoms with E-state index >= 15 is 0 Å². The van der Waals surface area contributed by atoms with Crippen molar-refractivity contribution < 1.29 is 9.53 Å². The molecule has 6 heteroatoms. The molecule has 0 spiro atoms. The maximum atomic E-state index is 11.3. The number of carbonyl (C=O) groups is 1. The van der Waals surface area contributed by atoms with E-state index in [1.807, 2.05) is 20.8 Å². The summed E-state index contributed by atoms with van der Waals surface area (Å²) >= 11 is 0. The van der Waals surface area contributed by atoms with Crippen LogP contribution < -0.4 is 10.6 Å². The van der Waals surface area contributed by atoms with Gasteiger partial charge < -0.3 is 15.4 Å². The van der Waals surface area contributed by atoms with Crippen LogP contribution in [0.2, 0.25) is 0 Å². The number of rotatable bonds is 6. The number of hydrogen-bond donors (Lipinski definition) is 2. The van der Waals surface area contributed by atoms with Crippen LogP contribution >= 0.6 is 24.0 Å². The van der Waals surface area contributed by atoms with E-state index in [4.69, 9.17) is 4.74 Å². The average molecular weight is 369 g/mol. The first-order chi connectivity index (χ1) is 8.11. The first kappa shape index (κ1) is 17.5. The fourth-order valence-corrected chi connectivity index (χ4v) is 1.32. The van der Waals surface area contributed by atoms with E-state index < -0.39 is 0 Å². The van der Waals surface area contributed by atoms with Crippen LogP contribution in [0, 0.1) is 0 Å². The van der Waals surface area contributed by atoms with Crippen molar-refractivity contribution >= 4 is 35.9 Å². The van der Waals surface area contributed by atoms with Gasteiger partial charge in [-0.1, -0.05) is 0 Å². The highest BCUT2D eigenvalue weighted by Crippen LogP contribution is 2.18. The Kier molecular flexibility index (Phi) is 9.13. The van der Waals surface area contributed by atoms with Crippen molar-refractivity contribution in [2.75, 3.05) is 13.1 Å². The molecule has 0 heterocycles. The van der Waals surface area contributed by atoms with Crippen molar-refractivity contribution in [3.05, 3.63) is 0 Å². The molecule has 1 aliphatic rings. The van der Waals surface area contributed by atoms with Crippen LogP contribution in [0.3, 0.4) is 0 Å². The monoisotopic (exact) mass is 369 g/mol. The minimum Gasteiger partial charge on any atom is -0.463 e. The molecule has 5 nitrogen and oxygen atoms in total. The van der Waals surface area contributed by atoms with Crippen molar-refractivity contribution in [1.82, 2.24) is 10.6 Å². The molecular weight excluding hydrogens is 345 g/mol. The molecule has 0 unspecified atom stereocenters. The number of aliphatic imine (C=N–C) groups is 1. The molecule has 0 aromatic carbocycles. The number of nitrogens with one attached hydrogen (secondary N) is 2.